The molecule has 0 aliphatic carbocycles. The summed E-state index contributed by atoms with van der Waals surface area (Å²) in [5.41, 5.74) is 1.28. The largest absolute Gasteiger partial charge is 0.372 e. The maximum atomic E-state index is 11.8. The average Bonchev–Trinajstić information content (AvgIpc) is 2.12. The van der Waals surface area contributed by atoms with Crippen molar-refractivity contribution in [2.45, 2.75) is 59.9 Å². The van der Waals surface area contributed by atoms with E-state index in [9.17, 15) is 4.79 Å². The molecule has 0 radical (unpaired) electrons. The van der Waals surface area contributed by atoms with Crippen LogP contribution < -0.4 is 0 Å². The van der Waals surface area contributed by atoms with Gasteiger partial charge in [0, 0.05) is 30.3 Å². The second-order valence-corrected chi connectivity index (χ2v) is 6.57. The molecule has 2 heteroatoms. The van der Waals surface area contributed by atoms with E-state index in [1.807, 2.05) is 6.92 Å². The first kappa shape index (κ1) is 13.3. The van der Waals surface area contributed by atoms with Gasteiger partial charge in [-0.15, -0.1) is 0 Å². The molecule has 0 atom stereocenters. The van der Waals surface area contributed by atoms with Crippen LogP contribution in [0.4, 0.5) is 0 Å². The molecule has 0 bridgehead atoms. The van der Waals surface area contributed by atoms with Crippen LogP contribution in [0.1, 0.15) is 54.4 Å². The van der Waals surface area contributed by atoms with Crippen molar-refractivity contribution in [3.8, 4) is 0 Å². The van der Waals surface area contributed by atoms with Crippen LogP contribution in [0.3, 0.4) is 0 Å². The number of hydrogen-bond acceptors (Lipinski definition) is 2. The number of ketones is 1. The van der Waals surface area contributed by atoms with Gasteiger partial charge >= 0.3 is 0 Å². The summed E-state index contributed by atoms with van der Waals surface area (Å²) in [5.74, 6) is 0.294. The van der Waals surface area contributed by atoms with Crippen molar-refractivity contribution in [2.24, 2.45) is 5.41 Å². The average molecular weight is 223 g/mol. The molecule has 0 N–H and O–H groups in total. The van der Waals surface area contributed by atoms with Crippen molar-refractivity contribution < 1.29 is 4.79 Å². The Morgan fingerprint density at radius 2 is 2.00 bits per heavy atom. The lowest BCUT2D eigenvalue weighted by Crippen LogP contribution is -2.46. The summed E-state index contributed by atoms with van der Waals surface area (Å²) >= 11 is 0. The molecule has 1 aliphatic rings. The Labute approximate surface area is 99.7 Å². The molecule has 0 saturated carbocycles. The first-order valence-electron chi connectivity index (χ1n) is 6.16. The molecule has 0 saturated heterocycles. The van der Waals surface area contributed by atoms with Gasteiger partial charge in [-0.25, -0.2) is 0 Å². The van der Waals surface area contributed by atoms with E-state index in [2.05, 4.69) is 45.7 Å². The maximum Gasteiger partial charge on any atom is 0.160 e. The van der Waals surface area contributed by atoms with E-state index in [-0.39, 0.29) is 11.0 Å². The number of rotatable bonds is 2. The summed E-state index contributed by atoms with van der Waals surface area (Å²) in [5, 5.41) is 0. The Hall–Kier alpha value is -0.790. The van der Waals surface area contributed by atoms with Crippen LogP contribution in [-0.4, -0.2) is 22.8 Å². The van der Waals surface area contributed by atoms with E-state index >= 15 is 0 Å². The summed E-state index contributed by atoms with van der Waals surface area (Å²) < 4.78 is 0. The van der Waals surface area contributed by atoms with Gasteiger partial charge in [-0.3, -0.25) is 4.79 Å². The molecule has 0 unspecified atom stereocenters. The van der Waals surface area contributed by atoms with Gasteiger partial charge in [0.2, 0.25) is 0 Å². The Kier molecular flexibility index (Phi) is 3.51. The zero-order valence-corrected chi connectivity index (χ0v) is 11.6. The van der Waals surface area contributed by atoms with Crippen molar-refractivity contribution in [3.63, 3.8) is 0 Å². The van der Waals surface area contributed by atoms with Crippen LogP contribution in [0.15, 0.2) is 11.8 Å². The number of allylic oxidation sites excluding steroid dienone is 1. The molecule has 92 valence electrons. The molecule has 1 aliphatic heterocycles. The molecule has 2 nitrogen and oxygen atoms in total. The minimum Gasteiger partial charge on any atom is -0.372 e. The third-order valence-electron chi connectivity index (χ3n) is 3.12. The monoisotopic (exact) mass is 223 g/mol. The van der Waals surface area contributed by atoms with Crippen molar-refractivity contribution in [1.82, 2.24) is 4.90 Å². The second kappa shape index (κ2) is 4.23. The Balaban J connectivity index is 3.01. The van der Waals surface area contributed by atoms with Crippen molar-refractivity contribution in [3.05, 3.63) is 11.8 Å². The van der Waals surface area contributed by atoms with Crippen molar-refractivity contribution >= 4 is 5.78 Å². The van der Waals surface area contributed by atoms with Gasteiger partial charge in [-0.05, 0) is 32.6 Å². The smallest absolute Gasteiger partial charge is 0.160 e. The molecular weight excluding hydrogens is 198 g/mol. The standard InChI is InChI=1S/C14H25NO/c1-7-12(16)11-8-14(5,6)10-15(9-11)13(2,3)4/h9H,7-8,10H2,1-6H3. The number of carbonyl (C=O) groups is 1. The highest BCUT2D eigenvalue weighted by Gasteiger charge is 2.33. The molecule has 1 heterocycles. The number of Topliss-reactive ketones (excluding diaryl/α,β-unsaturated/α-hetero) is 1. The Morgan fingerprint density at radius 1 is 1.44 bits per heavy atom. The van der Waals surface area contributed by atoms with Crippen LogP contribution in [0.25, 0.3) is 0 Å². The SMILES string of the molecule is CCC(=O)C1=CN(C(C)(C)C)CC(C)(C)C1. The highest BCUT2D eigenvalue weighted by Crippen LogP contribution is 2.35. The number of hydrogen-bond donors (Lipinski definition) is 0. The third kappa shape index (κ3) is 3.10. The van der Waals surface area contributed by atoms with Gasteiger partial charge in [-0.1, -0.05) is 20.8 Å². The predicted octanol–water partition coefficient (Wildman–Crippen LogP) is 3.38. The number of carbonyl (C=O) groups excluding carboxylic acids is 1. The molecule has 16 heavy (non-hydrogen) atoms. The normalized spacial score (nSPS) is 20.6. The highest BCUT2D eigenvalue weighted by atomic mass is 16.1. The van der Waals surface area contributed by atoms with Gasteiger partial charge < -0.3 is 4.90 Å². The fourth-order valence-electron chi connectivity index (χ4n) is 2.14. The van der Waals surface area contributed by atoms with E-state index in [1.165, 1.54) is 0 Å². The molecule has 0 aromatic carbocycles. The minimum absolute atomic E-state index is 0.0942. The summed E-state index contributed by atoms with van der Waals surface area (Å²) in [6, 6.07) is 0. The lowest BCUT2D eigenvalue weighted by atomic mass is 9.80. The third-order valence-corrected chi connectivity index (χ3v) is 3.12. The van der Waals surface area contributed by atoms with E-state index in [1.54, 1.807) is 0 Å². The van der Waals surface area contributed by atoms with Crippen molar-refractivity contribution in [2.75, 3.05) is 6.54 Å². The quantitative estimate of drug-likeness (QED) is 0.715. The van der Waals surface area contributed by atoms with E-state index in [0.717, 1.165) is 18.5 Å². The Bertz CT molecular complexity index is 307. The lowest BCUT2D eigenvalue weighted by molar-refractivity contribution is -0.116. The first-order chi connectivity index (χ1) is 7.15. The highest BCUT2D eigenvalue weighted by molar-refractivity contribution is 5.95. The maximum absolute atomic E-state index is 11.8. The molecular formula is C14H25NO. The van der Waals surface area contributed by atoms with Gasteiger partial charge in [0.05, 0.1) is 0 Å². The second-order valence-electron chi connectivity index (χ2n) is 6.57. The summed E-state index contributed by atoms with van der Waals surface area (Å²) in [7, 11) is 0. The summed E-state index contributed by atoms with van der Waals surface area (Å²) in [4.78, 5) is 14.1. The Morgan fingerprint density at radius 3 is 2.44 bits per heavy atom. The van der Waals surface area contributed by atoms with Crippen LogP contribution in [-0.2, 0) is 4.79 Å². The van der Waals surface area contributed by atoms with Gasteiger partial charge in [0.1, 0.15) is 0 Å². The fourth-order valence-corrected chi connectivity index (χ4v) is 2.14. The van der Waals surface area contributed by atoms with Gasteiger partial charge in [0.15, 0.2) is 5.78 Å². The zero-order valence-electron chi connectivity index (χ0n) is 11.6. The molecule has 1 rings (SSSR count). The van der Waals surface area contributed by atoms with Crippen molar-refractivity contribution in [1.29, 1.82) is 0 Å². The summed E-state index contributed by atoms with van der Waals surface area (Å²) in [6.07, 6.45) is 3.60. The van der Waals surface area contributed by atoms with Gasteiger partial charge in [0.25, 0.3) is 0 Å². The molecule has 0 spiro atoms. The van der Waals surface area contributed by atoms with E-state index < -0.39 is 0 Å². The first-order valence-corrected chi connectivity index (χ1v) is 6.16. The van der Waals surface area contributed by atoms with E-state index in [0.29, 0.717) is 12.2 Å². The van der Waals surface area contributed by atoms with E-state index in [4.69, 9.17) is 0 Å². The minimum atomic E-state index is 0.0942. The lowest BCUT2D eigenvalue weighted by Gasteiger charge is -2.44. The number of nitrogens with zero attached hydrogens (tertiary/aromatic N) is 1. The molecule has 0 amide bonds. The fraction of sp³-hybridized carbons (Fsp3) is 0.786. The molecule has 0 aromatic heterocycles. The summed E-state index contributed by atoms with van der Waals surface area (Å²) in [6.45, 7) is 14.0. The van der Waals surface area contributed by atoms with Crippen LogP contribution in [0, 0.1) is 5.41 Å². The zero-order chi connectivity index (χ0) is 12.6. The van der Waals surface area contributed by atoms with Crippen LogP contribution in [0.5, 0.6) is 0 Å². The molecule has 0 aromatic rings. The predicted molar refractivity (Wildman–Crippen MR) is 68.2 cm³/mol. The topological polar surface area (TPSA) is 20.3 Å². The van der Waals surface area contributed by atoms with Crippen LogP contribution >= 0.6 is 0 Å². The van der Waals surface area contributed by atoms with Crippen LogP contribution in [0.2, 0.25) is 0 Å². The van der Waals surface area contributed by atoms with Gasteiger partial charge in [-0.2, -0.15) is 0 Å². The molecule has 0 fully saturated rings.